The van der Waals surface area contributed by atoms with Crippen LogP contribution in [0.4, 0.5) is 8.78 Å². The first-order chi connectivity index (χ1) is 12.5. The van der Waals surface area contributed by atoms with E-state index in [2.05, 4.69) is 4.74 Å². The zero-order valence-corrected chi connectivity index (χ0v) is 15.8. The van der Waals surface area contributed by atoms with Gasteiger partial charge >= 0.3 is 6.61 Å². The molecule has 152 valence electrons. The van der Waals surface area contributed by atoms with Gasteiger partial charge in [-0.05, 0) is 12.1 Å². The van der Waals surface area contributed by atoms with Crippen molar-refractivity contribution in [1.29, 1.82) is 0 Å². The zero-order chi connectivity index (χ0) is 19.1. The number of hydrogen-bond acceptors (Lipinski definition) is 5. The maximum absolute atomic E-state index is 12.6. The SMILES string of the molecule is COC(CN)CC(=O)N1CCN(C(=O)c2ccccc2OC(F)F)CC1.Cl. The van der Waals surface area contributed by atoms with Crippen LogP contribution < -0.4 is 10.5 Å². The summed E-state index contributed by atoms with van der Waals surface area (Å²) in [5.74, 6) is -0.641. The van der Waals surface area contributed by atoms with Crippen LogP contribution in [0.1, 0.15) is 16.8 Å². The molecule has 1 heterocycles. The minimum Gasteiger partial charge on any atom is -0.434 e. The molecular weight excluding hydrogens is 384 g/mol. The molecule has 2 rings (SSSR count). The van der Waals surface area contributed by atoms with E-state index in [1.54, 1.807) is 11.0 Å². The smallest absolute Gasteiger partial charge is 0.387 e. The Morgan fingerprint density at radius 2 is 1.74 bits per heavy atom. The predicted octanol–water partition coefficient (Wildman–Crippen LogP) is 1.36. The van der Waals surface area contributed by atoms with Gasteiger partial charge in [-0.3, -0.25) is 9.59 Å². The third-order valence-electron chi connectivity index (χ3n) is 4.25. The molecule has 0 spiro atoms. The third kappa shape index (κ3) is 6.30. The molecule has 0 aliphatic carbocycles. The fourth-order valence-corrected chi connectivity index (χ4v) is 2.76. The van der Waals surface area contributed by atoms with E-state index in [0.29, 0.717) is 26.2 Å². The average molecular weight is 408 g/mol. The van der Waals surface area contributed by atoms with Gasteiger partial charge in [0, 0.05) is 39.8 Å². The first-order valence-electron chi connectivity index (χ1n) is 8.30. The van der Waals surface area contributed by atoms with E-state index in [0.717, 1.165) is 0 Å². The van der Waals surface area contributed by atoms with Crippen molar-refractivity contribution in [2.75, 3.05) is 39.8 Å². The number of carbonyl (C=O) groups is 2. The van der Waals surface area contributed by atoms with Gasteiger partial charge in [0.1, 0.15) is 5.75 Å². The van der Waals surface area contributed by atoms with Crippen molar-refractivity contribution in [3.05, 3.63) is 29.8 Å². The van der Waals surface area contributed by atoms with Gasteiger partial charge in [0.2, 0.25) is 5.91 Å². The number of halogens is 3. The van der Waals surface area contributed by atoms with Crippen LogP contribution in [-0.2, 0) is 9.53 Å². The second kappa shape index (κ2) is 11.0. The summed E-state index contributed by atoms with van der Waals surface area (Å²) in [4.78, 5) is 28.0. The van der Waals surface area contributed by atoms with Gasteiger partial charge in [-0.15, -0.1) is 12.4 Å². The van der Waals surface area contributed by atoms with Gasteiger partial charge in [-0.25, -0.2) is 0 Å². The highest BCUT2D eigenvalue weighted by atomic mass is 35.5. The van der Waals surface area contributed by atoms with Crippen molar-refractivity contribution < 1.29 is 27.8 Å². The topological polar surface area (TPSA) is 85.1 Å². The summed E-state index contributed by atoms with van der Waals surface area (Å²) < 4.78 is 34.5. The quantitative estimate of drug-likeness (QED) is 0.737. The van der Waals surface area contributed by atoms with Crippen molar-refractivity contribution in [3.63, 3.8) is 0 Å². The predicted molar refractivity (Wildman–Crippen MR) is 97.3 cm³/mol. The van der Waals surface area contributed by atoms with Crippen molar-refractivity contribution in [1.82, 2.24) is 9.80 Å². The Bertz CT molecular complexity index is 624. The van der Waals surface area contributed by atoms with E-state index < -0.39 is 12.5 Å². The van der Waals surface area contributed by atoms with Crippen molar-refractivity contribution >= 4 is 24.2 Å². The molecule has 2 N–H and O–H groups in total. The minimum absolute atomic E-state index is 0. The maximum atomic E-state index is 12.6. The molecule has 0 bridgehead atoms. The Morgan fingerprint density at radius 3 is 2.30 bits per heavy atom. The van der Waals surface area contributed by atoms with Crippen LogP contribution in [0.15, 0.2) is 24.3 Å². The van der Waals surface area contributed by atoms with Gasteiger partial charge in [0.15, 0.2) is 0 Å². The van der Waals surface area contributed by atoms with Gasteiger partial charge < -0.3 is 25.0 Å². The molecule has 27 heavy (non-hydrogen) atoms. The number of para-hydroxylation sites is 1. The molecule has 0 radical (unpaired) electrons. The number of methoxy groups -OCH3 is 1. The lowest BCUT2D eigenvalue weighted by atomic mass is 10.1. The number of nitrogens with two attached hydrogens (primary N) is 1. The van der Waals surface area contributed by atoms with Gasteiger partial charge in [-0.1, -0.05) is 12.1 Å². The lowest BCUT2D eigenvalue weighted by Gasteiger charge is -2.35. The van der Waals surface area contributed by atoms with Gasteiger partial charge in [-0.2, -0.15) is 8.78 Å². The molecule has 1 aliphatic rings. The number of benzene rings is 1. The molecule has 0 aromatic heterocycles. The van der Waals surface area contributed by atoms with E-state index in [9.17, 15) is 18.4 Å². The van der Waals surface area contributed by atoms with E-state index in [-0.39, 0.29) is 48.7 Å². The summed E-state index contributed by atoms with van der Waals surface area (Å²) in [6.45, 7) is -1.40. The number of amides is 2. The Hall–Kier alpha value is -1.97. The van der Waals surface area contributed by atoms with Gasteiger partial charge in [0.05, 0.1) is 18.1 Å². The number of ether oxygens (including phenoxy) is 2. The fraction of sp³-hybridized carbons (Fsp3) is 0.529. The number of piperazine rings is 1. The first-order valence-corrected chi connectivity index (χ1v) is 8.30. The second-order valence-corrected chi connectivity index (χ2v) is 5.85. The van der Waals surface area contributed by atoms with Crippen LogP contribution in [0.2, 0.25) is 0 Å². The Morgan fingerprint density at radius 1 is 1.15 bits per heavy atom. The molecule has 2 amide bonds. The summed E-state index contributed by atoms with van der Waals surface area (Å²) >= 11 is 0. The molecule has 1 unspecified atom stereocenters. The van der Waals surface area contributed by atoms with Crippen molar-refractivity contribution in [2.45, 2.75) is 19.1 Å². The van der Waals surface area contributed by atoms with Crippen LogP contribution in [0, 0.1) is 0 Å². The summed E-state index contributed by atoms with van der Waals surface area (Å²) in [5, 5.41) is 0. The van der Waals surface area contributed by atoms with E-state index in [4.69, 9.17) is 10.5 Å². The van der Waals surface area contributed by atoms with Crippen LogP contribution in [0.25, 0.3) is 0 Å². The highest BCUT2D eigenvalue weighted by Gasteiger charge is 2.27. The second-order valence-electron chi connectivity index (χ2n) is 5.85. The number of rotatable bonds is 7. The highest BCUT2D eigenvalue weighted by molar-refractivity contribution is 5.97. The van der Waals surface area contributed by atoms with Crippen LogP contribution in [-0.4, -0.2) is 74.2 Å². The lowest BCUT2D eigenvalue weighted by molar-refractivity contribution is -0.135. The lowest BCUT2D eigenvalue weighted by Crippen LogP contribution is -2.51. The van der Waals surface area contributed by atoms with Crippen LogP contribution >= 0.6 is 12.4 Å². The first kappa shape index (κ1) is 23.1. The summed E-state index contributed by atoms with van der Waals surface area (Å²) in [6, 6.07) is 5.89. The summed E-state index contributed by atoms with van der Waals surface area (Å²) in [6.07, 6.45) is -0.146. The summed E-state index contributed by atoms with van der Waals surface area (Å²) in [5.41, 5.74) is 5.60. The fourth-order valence-electron chi connectivity index (χ4n) is 2.76. The number of nitrogens with zero attached hydrogens (tertiary/aromatic N) is 2. The maximum Gasteiger partial charge on any atom is 0.387 e. The molecule has 1 aromatic carbocycles. The molecule has 1 atom stereocenters. The van der Waals surface area contributed by atoms with E-state index in [1.165, 1.54) is 30.2 Å². The number of hydrogen-bond donors (Lipinski definition) is 1. The minimum atomic E-state index is -3.00. The standard InChI is InChI=1S/C17H23F2N3O4.ClH/c1-25-12(11-20)10-15(23)21-6-8-22(9-7-21)16(24)13-4-2-3-5-14(13)26-17(18)19;/h2-5,12,17H,6-11,20H2,1H3;1H. The normalized spacial score (nSPS) is 15.3. The van der Waals surface area contributed by atoms with Crippen molar-refractivity contribution in [2.24, 2.45) is 5.73 Å². The molecular formula is C17H24ClF2N3O4. The molecule has 1 aromatic rings. The van der Waals surface area contributed by atoms with E-state index in [1.807, 2.05) is 0 Å². The van der Waals surface area contributed by atoms with Crippen LogP contribution in [0.5, 0.6) is 5.75 Å². The molecule has 1 fully saturated rings. The molecule has 1 saturated heterocycles. The Labute approximate surface area is 162 Å². The molecule has 7 nitrogen and oxygen atoms in total. The number of carbonyl (C=O) groups excluding carboxylic acids is 2. The van der Waals surface area contributed by atoms with Crippen molar-refractivity contribution in [3.8, 4) is 5.75 Å². The average Bonchev–Trinajstić information content (AvgIpc) is 2.65. The monoisotopic (exact) mass is 407 g/mol. The molecule has 10 heteroatoms. The van der Waals surface area contributed by atoms with E-state index >= 15 is 0 Å². The van der Waals surface area contributed by atoms with Crippen LogP contribution in [0.3, 0.4) is 0 Å². The van der Waals surface area contributed by atoms with Gasteiger partial charge in [0.25, 0.3) is 5.91 Å². The third-order valence-corrected chi connectivity index (χ3v) is 4.25. The Kier molecular flexibility index (Phi) is 9.40. The largest absolute Gasteiger partial charge is 0.434 e. The molecule has 0 saturated carbocycles. The Balaban J connectivity index is 0.00000364. The molecule has 1 aliphatic heterocycles. The number of alkyl halides is 2. The zero-order valence-electron chi connectivity index (χ0n) is 15.0. The summed E-state index contributed by atoms with van der Waals surface area (Å²) in [7, 11) is 1.50. The highest BCUT2D eigenvalue weighted by Crippen LogP contribution is 2.22.